The summed E-state index contributed by atoms with van der Waals surface area (Å²) >= 11 is 0. The van der Waals surface area contributed by atoms with Crippen molar-refractivity contribution in [2.75, 3.05) is 13.2 Å². The smallest absolute Gasteiger partial charge is 0.306 e. The van der Waals surface area contributed by atoms with E-state index in [1.54, 1.807) is 0 Å². The molecule has 0 spiro atoms. The van der Waals surface area contributed by atoms with E-state index in [9.17, 15) is 14.4 Å². The molecular weight excluding hydrogens is 913 g/mol. The number of hydrogen-bond donors (Lipinski definition) is 0. The van der Waals surface area contributed by atoms with E-state index in [-0.39, 0.29) is 31.1 Å². The molecule has 440 valence electrons. The Kier molecular flexibility index (Phi) is 62.6. The average molecular weight is 1050 g/mol. The van der Waals surface area contributed by atoms with Crippen LogP contribution in [0.5, 0.6) is 0 Å². The minimum Gasteiger partial charge on any atom is -0.462 e. The van der Waals surface area contributed by atoms with Gasteiger partial charge in [-0.25, -0.2) is 0 Å². The van der Waals surface area contributed by atoms with E-state index >= 15 is 0 Å². The first-order valence-corrected chi connectivity index (χ1v) is 34.0. The molecule has 0 bridgehead atoms. The van der Waals surface area contributed by atoms with Crippen molar-refractivity contribution in [3.8, 4) is 0 Å². The normalized spacial score (nSPS) is 11.9. The molecule has 0 saturated heterocycles. The third-order valence-corrected chi connectivity index (χ3v) is 15.9. The molecule has 0 aliphatic heterocycles. The van der Waals surface area contributed by atoms with Crippen molar-refractivity contribution in [2.24, 2.45) is 0 Å². The van der Waals surface area contributed by atoms with Crippen molar-refractivity contribution >= 4 is 17.9 Å². The molecule has 0 N–H and O–H groups in total. The van der Waals surface area contributed by atoms with Crippen molar-refractivity contribution in [2.45, 2.75) is 406 Å². The molecule has 0 aromatic rings. The van der Waals surface area contributed by atoms with Gasteiger partial charge in [0, 0.05) is 19.3 Å². The third kappa shape index (κ3) is 61.3. The van der Waals surface area contributed by atoms with Crippen LogP contribution >= 0.6 is 0 Å². The number of carbonyl (C=O) groups excluding carboxylic acids is 3. The molecule has 0 aromatic heterocycles. The summed E-state index contributed by atoms with van der Waals surface area (Å²) in [5.41, 5.74) is 0. The Bertz CT molecular complexity index is 1110. The molecular formula is C68H132O6. The summed E-state index contributed by atoms with van der Waals surface area (Å²) in [4.78, 5) is 37.9. The lowest BCUT2D eigenvalue weighted by Crippen LogP contribution is -2.30. The van der Waals surface area contributed by atoms with Gasteiger partial charge in [-0.3, -0.25) is 14.4 Å². The number of ether oxygens (including phenoxy) is 3. The van der Waals surface area contributed by atoms with Gasteiger partial charge < -0.3 is 14.2 Å². The molecule has 0 aliphatic carbocycles. The second-order valence-electron chi connectivity index (χ2n) is 23.5. The molecule has 0 radical (unpaired) electrons. The summed E-state index contributed by atoms with van der Waals surface area (Å²) in [5, 5.41) is 0. The van der Waals surface area contributed by atoms with Gasteiger partial charge in [-0.2, -0.15) is 0 Å². The molecule has 1 atom stereocenters. The molecule has 6 nitrogen and oxygen atoms in total. The van der Waals surface area contributed by atoms with Crippen molar-refractivity contribution in [1.82, 2.24) is 0 Å². The Hall–Kier alpha value is -1.59. The summed E-state index contributed by atoms with van der Waals surface area (Å²) in [6, 6.07) is 0. The maximum Gasteiger partial charge on any atom is 0.306 e. The highest BCUT2D eigenvalue weighted by atomic mass is 16.6. The van der Waals surface area contributed by atoms with Crippen LogP contribution in [0, 0.1) is 0 Å². The highest BCUT2D eigenvalue weighted by Crippen LogP contribution is 2.19. The van der Waals surface area contributed by atoms with Crippen LogP contribution in [0.1, 0.15) is 400 Å². The monoisotopic (exact) mass is 1050 g/mol. The van der Waals surface area contributed by atoms with Gasteiger partial charge in [0.25, 0.3) is 0 Å². The molecule has 0 fully saturated rings. The third-order valence-electron chi connectivity index (χ3n) is 15.9. The summed E-state index contributed by atoms with van der Waals surface area (Å²) in [7, 11) is 0. The molecule has 0 saturated carbocycles. The summed E-state index contributed by atoms with van der Waals surface area (Å²) in [6.45, 7) is 6.63. The van der Waals surface area contributed by atoms with E-state index in [4.69, 9.17) is 14.2 Å². The van der Waals surface area contributed by atoms with Crippen LogP contribution in [0.15, 0.2) is 0 Å². The Balaban J connectivity index is 3.80. The fraction of sp³-hybridized carbons (Fsp3) is 0.956. The lowest BCUT2D eigenvalue weighted by atomic mass is 10.0. The lowest BCUT2D eigenvalue weighted by Gasteiger charge is -2.18. The van der Waals surface area contributed by atoms with E-state index in [1.165, 1.54) is 295 Å². The van der Waals surface area contributed by atoms with E-state index in [2.05, 4.69) is 20.8 Å². The lowest BCUT2D eigenvalue weighted by molar-refractivity contribution is -0.167. The Morgan fingerprint density at radius 3 is 0.541 bits per heavy atom. The Morgan fingerprint density at radius 2 is 0.365 bits per heavy atom. The predicted octanol–water partition coefficient (Wildman–Crippen LogP) is 23.1. The van der Waals surface area contributed by atoms with Crippen LogP contribution in [-0.4, -0.2) is 37.2 Å². The summed E-state index contributed by atoms with van der Waals surface area (Å²) < 4.78 is 16.8. The first-order valence-electron chi connectivity index (χ1n) is 34.0. The van der Waals surface area contributed by atoms with Crippen LogP contribution in [-0.2, 0) is 28.6 Å². The van der Waals surface area contributed by atoms with Gasteiger partial charge in [0.05, 0.1) is 0 Å². The van der Waals surface area contributed by atoms with Gasteiger partial charge in [0.15, 0.2) is 6.10 Å². The second-order valence-corrected chi connectivity index (χ2v) is 23.5. The van der Waals surface area contributed by atoms with Gasteiger partial charge in [0.1, 0.15) is 13.2 Å². The van der Waals surface area contributed by atoms with E-state index in [0.717, 1.165) is 64.2 Å². The Labute approximate surface area is 463 Å². The second kappa shape index (κ2) is 63.9. The first-order chi connectivity index (χ1) is 36.5. The molecule has 0 heterocycles. The van der Waals surface area contributed by atoms with Gasteiger partial charge in [0.2, 0.25) is 0 Å². The number of carbonyl (C=O) groups is 3. The number of unbranched alkanes of at least 4 members (excludes halogenated alkanes) is 53. The maximum absolute atomic E-state index is 12.8. The molecule has 1 unspecified atom stereocenters. The van der Waals surface area contributed by atoms with Crippen LogP contribution in [0.25, 0.3) is 0 Å². The first kappa shape index (κ1) is 72.4. The van der Waals surface area contributed by atoms with E-state index in [0.29, 0.717) is 19.3 Å². The molecule has 0 amide bonds. The van der Waals surface area contributed by atoms with Gasteiger partial charge in [-0.15, -0.1) is 0 Å². The fourth-order valence-electron chi connectivity index (χ4n) is 10.7. The minimum atomic E-state index is -0.760. The Morgan fingerprint density at radius 1 is 0.216 bits per heavy atom. The van der Waals surface area contributed by atoms with Crippen molar-refractivity contribution in [3.63, 3.8) is 0 Å². The summed E-state index contributed by atoms with van der Waals surface area (Å²) in [5.74, 6) is -0.848. The molecule has 0 aliphatic rings. The zero-order valence-corrected chi connectivity index (χ0v) is 50.7. The van der Waals surface area contributed by atoms with Crippen molar-refractivity contribution in [1.29, 1.82) is 0 Å². The SMILES string of the molecule is CCCCCCCCCCCCCCCCCCCCCCCCCCCCCCCCCCCCCC(=O)OCC(COC(=O)CCCCCCC)OC(=O)CCCCCCCCCCCCCCCCCC. The average Bonchev–Trinajstić information content (AvgIpc) is 3.40. The molecule has 6 heteroatoms. The quantitative estimate of drug-likeness (QED) is 0.0343. The highest BCUT2D eigenvalue weighted by Gasteiger charge is 2.19. The molecule has 0 aromatic carbocycles. The zero-order chi connectivity index (χ0) is 53.6. The number of esters is 3. The van der Waals surface area contributed by atoms with Crippen LogP contribution in [0.4, 0.5) is 0 Å². The van der Waals surface area contributed by atoms with Gasteiger partial charge in [-0.1, -0.05) is 361 Å². The van der Waals surface area contributed by atoms with E-state index < -0.39 is 6.10 Å². The molecule has 0 rings (SSSR count). The van der Waals surface area contributed by atoms with Crippen LogP contribution in [0.2, 0.25) is 0 Å². The van der Waals surface area contributed by atoms with Gasteiger partial charge >= 0.3 is 17.9 Å². The minimum absolute atomic E-state index is 0.0625. The largest absolute Gasteiger partial charge is 0.462 e. The van der Waals surface area contributed by atoms with Crippen LogP contribution in [0.3, 0.4) is 0 Å². The highest BCUT2D eigenvalue weighted by molar-refractivity contribution is 5.71. The fourth-order valence-corrected chi connectivity index (χ4v) is 10.7. The zero-order valence-electron chi connectivity index (χ0n) is 50.7. The standard InChI is InChI=1S/C68H132O6/c1-4-7-10-13-15-17-19-21-23-25-26-27-28-29-30-31-32-33-34-35-36-37-38-39-40-41-42-43-45-46-48-50-52-55-58-61-67(70)73-64-65(63-72-66(69)60-57-54-12-9-6-3)74-68(71)62-59-56-53-51-49-47-44-24-22-20-18-16-14-11-8-5-2/h65H,4-64H2,1-3H3. The van der Waals surface area contributed by atoms with Crippen molar-refractivity contribution < 1.29 is 28.6 Å². The van der Waals surface area contributed by atoms with Crippen LogP contribution < -0.4 is 0 Å². The van der Waals surface area contributed by atoms with Gasteiger partial charge in [-0.05, 0) is 19.3 Å². The predicted molar refractivity (Wildman–Crippen MR) is 321 cm³/mol. The number of rotatable bonds is 64. The van der Waals surface area contributed by atoms with Crippen molar-refractivity contribution in [3.05, 3.63) is 0 Å². The van der Waals surface area contributed by atoms with E-state index in [1.807, 2.05) is 0 Å². The topological polar surface area (TPSA) is 78.9 Å². The molecule has 74 heavy (non-hydrogen) atoms. The number of hydrogen-bond acceptors (Lipinski definition) is 6. The summed E-state index contributed by atoms with van der Waals surface area (Å²) in [6.07, 6.45) is 74.9. The maximum atomic E-state index is 12.8.